The zero-order valence-electron chi connectivity index (χ0n) is 15.4. The molecule has 8 nitrogen and oxygen atoms in total. The molecule has 3 N–H and O–H groups in total. The van der Waals surface area contributed by atoms with E-state index < -0.39 is 0 Å². The molecule has 0 aliphatic rings. The van der Waals surface area contributed by atoms with E-state index in [1.807, 2.05) is 0 Å². The second-order valence-corrected chi connectivity index (χ2v) is 5.86. The number of hydrogen-bond donors (Lipinski definition) is 3. The molecule has 2 aromatic carbocycles. The van der Waals surface area contributed by atoms with Crippen LogP contribution in [0.25, 0.3) is 0 Å². The topological polar surface area (TPSA) is 105 Å². The van der Waals surface area contributed by atoms with E-state index in [1.54, 1.807) is 61.7 Å². The minimum atomic E-state index is -0.361. The maximum atomic E-state index is 12.5. The molecule has 0 saturated carbocycles. The number of rotatable bonds is 6. The SMILES string of the molecule is COc1cccc(NC(=O)c2cc(Nc3ccc(NC(C)=O)cc3)ncn2)c1. The van der Waals surface area contributed by atoms with Crippen molar-refractivity contribution in [1.29, 1.82) is 0 Å². The smallest absolute Gasteiger partial charge is 0.274 e. The van der Waals surface area contributed by atoms with Crippen LogP contribution in [0.1, 0.15) is 17.4 Å². The Labute approximate surface area is 162 Å². The highest BCUT2D eigenvalue weighted by molar-refractivity contribution is 6.03. The molecule has 1 aromatic heterocycles. The first kappa shape index (κ1) is 18.8. The van der Waals surface area contributed by atoms with Gasteiger partial charge in [0.15, 0.2) is 0 Å². The predicted molar refractivity (Wildman–Crippen MR) is 107 cm³/mol. The number of benzene rings is 2. The summed E-state index contributed by atoms with van der Waals surface area (Å²) in [4.78, 5) is 31.7. The Balaban J connectivity index is 1.69. The van der Waals surface area contributed by atoms with Crippen LogP contribution in [-0.4, -0.2) is 28.9 Å². The van der Waals surface area contributed by atoms with E-state index in [1.165, 1.54) is 13.3 Å². The van der Waals surface area contributed by atoms with Gasteiger partial charge >= 0.3 is 0 Å². The number of aromatic nitrogens is 2. The molecule has 0 unspecified atom stereocenters. The first-order chi connectivity index (χ1) is 13.5. The lowest BCUT2D eigenvalue weighted by Gasteiger charge is -2.09. The standard InChI is InChI=1S/C20H19N5O3/c1-13(26)23-14-6-8-15(9-7-14)24-19-11-18(21-12-22-19)20(27)25-16-4-3-5-17(10-16)28-2/h3-12H,1-2H3,(H,23,26)(H,25,27)(H,21,22,24). The maximum absolute atomic E-state index is 12.5. The lowest BCUT2D eigenvalue weighted by atomic mass is 10.2. The quantitative estimate of drug-likeness (QED) is 0.608. The largest absolute Gasteiger partial charge is 0.497 e. The number of hydrogen-bond acceptors (Lipinski definition) is 6. The monoisotopic (exact) mass is 377 g/mol. The van der Waals surface area contributed by atoms with Gasteiger partial charge in [0.2, 0.25) is 5.91 Å². The molecule has 28 heavy (non-hydrogen) atoms. The molecule has 3 aromatic rings. The third-order valence-electron chi connectivity index (χ3n) is 3.71. The van der Waals surface area contributed by atoms with Crippen LogP contribution in [0.2, 0.25) is 0 Å². The molecule has 142 valence electrons. The van der Waals surface area contributed by atoms with Crippen molar-refractivity contribution in [3.63, 3.8) is 0 Å². The van der Waals surface area contributed by atoms with Crippen molar-refractivity contribution >= 4 is 34.7 Å². The van der Waals surface area contributed by atoms with Crippen molar-refractivity contribution in [3.05, 3.63) is 66.6 Å². The Bertz CT molecular complexity index is 989. The van der Waals surface area contributed by atoms with Crippen molar-refractivity contribution in [3.8, 4) is 5.75 Å². The highest BCUT2D eigenvalue weighted by Gasteiger charge is 2.10. The summed E-state index contributed by atoms with van der Waals surface area (Å²) in [6.07, 6.45) is 1.31. The highest BCUT2D eigenvalue weighted by Crippen LogP contribution is 2.19. The van der Waals surface area contributed by atoms with E-state index in [4.69, 9.17) is 4.74 Å². The summed E-state index contributed by atoms with van der Waals surface area (Å²) < 4.78 is 5.15. The minimum absolute atomic E-state index is 0.136. The van der Waals surface area contributed by atoms with Crippen LogP contribution in [0.5, 0.6) is 5.75 Å². The van der Waals surface area contributed by atoms with E-state index in [9.17, 15) is 9.59 Å². The fourth-order valence-electron chi connectivity index (χ4n) is 2.43. The first-order valence-electron chi connectivity index (χ1n) is 8.45. The molecule has 0 aliphatic carbocycles. The fraction of sp³-hybridized carbons (Fsp3) is 0.100. The molecule has 0 aliphatic heterocycles. The number of methoxy groups -OCH3 is 1. The van der Waals surface area contributed by atoms with Gasteiger partial charge < -0.3 is 20.7 Å². The van der Waals surface area contributed by atoms with Crippen LogP contribution in [0, 0.1) is 0 Å². The van der Waals surface area contributed by atoms with Crippen molar-refractivity contribution < 1.29 is 14.3 Å². The van der Waals surface area contributed by atoms with Gasteiger partial charge in [0.05, 0.1) is 7.11 Å². The molecule has 3 rings (SSSR count). The molecular weight excluding hydrogens is 358 g/mol. The third kappa shape index (κ3) is 5.04. The molecule has 0 radical (unpaired) electrons. The number of ether oxygens (including phenoxy) is 1. The van der Waals surface area contributed by atoms with Crippen molar-refractivity contribution in [2.75, 3.05) is 23.1 Å². The van der Waals surface area contributed by atoms with Crippen LogP contribution < -0.4 is 20.7 Å². The summed E-state index contributed by atoms with van der Waals surface area (Å²) in [5.41, 5.74) is 2.27. The van der Waals surface area contributed by atoms with Gasteiger partial charge in [0.1, 0.15) is 23.6 Å². The molecular formula is C20H19N5O3. The summed E-state index contributed by atoms with van der Waals surface area (Å²) in [6.45, 7) is 1.45. The summed E-state index contributed by atoms with van der Waals surface area (Å²) in [7, 11) is 1.56. The van der Waals surface area contributed by atoms with Gasteiger partial charge in [0, 0.05) is 36.1 Å². The Hall–Kier alpha value is -3.94. The van der Waals surface area contributed by atoms with E-state index in [2.05, 4.69) is 25.9 Å². The molecule has 8 heteroatoms. The van der Waals surface area contributed by atoms with Crippen LogP contribution in [-0.2, 0) is 4.79 Å². The lowest BCUT2D eigenvalue weighted by Crippen LogP contribution is -2.14. The second kappa shape index (κ2) is 8.63. The Morgan fingerprint density at radius 2 is 1.64 bits per heavy atom. The fourth-order valence-corrected chi connectivity index (χ4v) is 2.43. The van der Waals surface area contributed by atoms with E-state index in [0.29, 0.717) is 22.9 Å². The van der Waals surface area contributed by atoms with Crippen LogP contribution >= 0.6 is 0 Å². The number of amides is 2. The summed E-state index contributed by atoms with van der Waals surface area (Å²) >= 11 is 0. The number of anilines is 4. The molecule has 0 bridgehead atoms. The Morgan fingerprint density at radius 1 is 0.893 bits per heavy atom. The van der Waals surface area contributed by atoms with Gasteiger partial charge in [-0.25, -0.2) is 9.97 Å². The molecule has 1 heterocycles. The third-order valence-corrected chi connectivity index (χ3v) is 3.71. The van der Waals surface area contributed by atoms with Gasteiger partial charge in [-0.3, -0.25) is 9.59 Å². The molecule has 0 fully saturated rings. The second-order valence-electron chi connectivity index (χ2n) is 5.86. The molecule has 2 amide bonds. The molecule has 0 saturated heterocycles. The number of carbonyl (C=O) groups excluding carboxylic acids is 2. The van der Waals surface area contributed by atoms with E-state index >= 15 is 0 Å². The van der Waals surface area contributed by atoms with E-state index in [-0.39, 0.29) is 17.5 Å². The molecule has 0 atom stereocenters. The van der Waals surface area contributed by atoms with Gasteiger partial charge in [-0.2, -0.15) is 0 Å². The summed E-state index contributed by atoms with van der Waals surface area (Å²) in [5.74, 6) is 0.617. The van der Waals surface area contributed by atoms with Gasteiger partial charge in [-0.1, -0.05) is 6.07 Å². The maximum Gasteiger partial charge on any atom is 0.274 e. The summed E-state index contributed by atoms with van der Waals surface area (Å²) in [6, 6.07) is 15.7. The number of nitrogens with zero attached hydrogens (tertiary/aromatic N) is 2. The average molecular weight is 377 g/mol. The minimum Gasteiger partial charge on any atom is -0.497 e. The summed E-state index contributed by atoms with van der Waals surface area (Å²) in [5, 5.41) is 8.57. The number of nitrogens with one attached hydrogen (secondary N) is 3. The van der Waals surface area contributed by atoms with Gasteiger partial charge in [-0.05, 0) is 36.4 Å². The van der Waals surface area contributed by atoms with Gasteiger partial charge in [0.25, 0.3) is 5.91 Å². The van der Waals surface area contributed by atoms with Crippen molar-refractivity contribution in [2.45, 2.75) is 6.92 Å². The van der Waals surface area contributed by atoms with Crippen LogP contribution in [0.4, 0.5) is 22.9 Å². The molecule has 0 spiro atoms. The zero-order valence-corrected chi connectivity index (χ0v) is 15.4. The first-order valence-corrected chi connectivity index (χ1v) is 8.45. The highest BCUT2D eigenvalue weighted by atomic mass is 16.5. The van der Waals surface area contributed by atoms with Crippen molar-refractivity contribution in [1.82, 2.24) is 9.97 Å². The van der Waals surface area contributed by atoms with Gasteiger partial charge in [-0.15, -0.1) is 0 Å². The van der Waals surface area contributed by atoms with Crippen LogP contribution in [0.15, 0.2) is 60.9 Å². The normalized spacial score (nSPS) is 10.1. The van der Waals surface area contributed by atoms with E-state index in [0.717, 1.165) is 5.69 Å². The average Bonchev–Trinajstić information content (AvgIpc) is 2.69. The van der Waals surface area contributed by atoms with Crippen molar-refractivity contribution in [2.24, 2.45) is 0 Å². The Kier molecular flexibility index (Phi) is 5.81. The Morgan fingerprint density at radius 3 is 2.36 bits per heavy atom. The zero-order chi connectivity index (χ0) is 19.9. The lowest BCUT2D eigenvalue weighted by molar-refractivity contribution is -0.114. The van der Waals surface area contributed by atoms with Crippen LogP contribution in [0.3, 0.4) is 0 Å². The number of carbonyl (C=O) groups is 2. The predicted octanol–water partition coefficient (Wildman–Crippen LogP) is 3.44.